The molecule has 0 aliphatic rings. The molecule has 0 saturated heterocycles. The van der Waals surface area contributed by atoms with Gasteiger partial charge in [0, 0.05) is 12.4 Å². The number of carbonyl (C=O) groups excluding carboxylic acids is 1. The molecule has 136 valence electrons. The lowest BCUT2D eigenvalue weighted by atomic mass is 10.2. The van der Waals surface area contributed by atoms with Crippen molar-refractivity contribution >= 4 is 34.9 Å². The summed E-state index contributed by atoms with van der Waals surface area (Å²) in [6.07, 6.45) is 3.16. The van der Waals surface area contributed by atoms with E-state index in [0.29, 0.717) is 17.3 Å². The number of hydrogen-bond acceptors (Lipinski definition) is 3. The smallest absolute Gasteiger partial charge is 0.250 e. The number of rotatable bonds is 5. The minimum atomic E-state index is -0.592. The van der Waals surface area contributed by atoms with Gasteiger partial charge in [-0.1, -0.05) is 35.3 Å². The first-order valence-corrected chi connectivity index (χ1v) is 8.58. The van der Waals surface area contributed by atoms with E-state index >= 15 is 0 Å². The summed E-state index contributed by atoms with van der Waals surface area (Å²) < 4.78 is 16.3. The minimum Gasteiger partial charge on any atom is -0.306 e. The van der Waals surface area contributed by atoms with Gasteiger partial charge in [-0.2, -0.15) is 10.2 Å². The summed E-state index contributed by atoms with van der Waals surface area (Å²) in [7, 11) is 0. The summed E-state index contributed by atoms with van der Waals surface area (Å²) in [5.74, 6) is -0.423. The Morgan fingerprint density at radius 2 is 2.04 bits per heavy atom. The van der Waals surface area contributed by atoms with E-state index in [0.717, 1.165) is 5.56 Å². The monoisotopic (exact) mass is 395 g/mol. The van der Waals surface area contributed by atoms with Crippen LogP contribution in [0.1, 0.15) is 24.2 Å². The third-order valence-electron chi connectivity index (χ3n) is 3.83. The quantitative estimate of drug-likeness (QED) is 0.707. The van der Waals surface area contributed by atoms with Crippen molar-refractivity contribution in [1.82, 2.24) is 19.6 Å². The fourth-order valence-electron chi connectivity index (χ4n) is 2.38. The molecule has 1 atom stereocenters. The van der Waals surface area contributed by atoms with Crippen molar-refractivity contribution in [2.45, 2.75) is 26.4 Å². The SMILES string of the molecule is Cc1nn(C(C)C(=O)Nc2nn(Cc3cccc(F)c3)cc2Cl)cc1Cl. The van der Waals surface area contributed by atoms with Gasteiger partial charge < -0.3 is 5.32 Å². The Hall–Kier alpha value is -2.38. The number of benzene rings is 1. The van der Waals surface area contributed by atoms with Crippen LogP contribution in [0.5, 0.6) is 0 Å². The van der Waals surface area contributed by atoms with Crippen molar-refractivity contribution in [3.8, 4) is 0 Å². The average Bonchev–Trinajstić information content (AvgIpc) is 3.09. The van der Waals surface area contributed by atoms with E-state index in [1.165, 1.54) is 21.5 Å². The number of anilines is 1. The lowest BCUT2D eigenvalue weighted by Gasteiger charge is -2.11. The molecule has 1 amide bonds. The maximum absolute atomic E-state index is 13.3. The van der Waals surface area contributed by atoms with Crippen LogP contribution in [-0.2, 0) is 11.3 Å². The fourth-order valence-corrected chi connectivity index (χ4v) is 2.72. The lowest BCUT2D eigenvalue weighted by molar-refractivity contribution is -0.119. The molecule has 0 saturated carbocycles. The van der Waals surface area contributed by atoms with Gasteiger partial charge >= 0.3 is 0 Å². The number of nitrogens with zero attached hydrogens (tertiary/aromatic N) is 4. The molecule has 1 aromatic carbocycles. The molecule has 0 radical (unpaired) electrons. The Morgan fingerprint density at radius 1 is 1.27 bits per heavy atom. The van der Waals surface area contributed by atoms with E-state index in [-0.39, 0.29) is 22.6 Å². The highest BCUT2D eigenvalue weighted by atomic mass is 35.5. The normalized spacial score (nSPS) is 12.2. The van der Waals surface area contributed by atoms with E-state index in [9.17, 15) is 9.18 Å². The van der Waals surface area contributed by atoms with Gasteiger partial charge in [0.15, 0.2) is 5.82 Å². The van der Waals surface area contributed by atoms with E-state index in [2.05, 4.69) is 15.5 Å². The zero-order valence-corrected chi connectivity index (χ0v) is 15.6. The molecule has 2 heterocycles. The molecule has 0 spiro atoms. The molecule has 26 heavy (non-hydrogen) atoms. The molecule has 2 aromatic heterocycles. The molecular weight excluding hydrogens is 380 g/mol. The first kappa shape index (κ1) is 18.4. The van der Waals surface area contributed by atoms with Crippen molar-refractivity contribution in [2.75, 3.05) is 5.32 Å². The number of nitrogens with one attached hydrogen (secondary N) is 1. The Bertz CT molecular complexity index is 933. The van der Waals surface area contributed by atoms with Crippen molar-refractivity contribution in [3.05, 3.63) is 63.8 Å². The molecule has 3 rings (SSSR count). The van der Waals surface area contributed by atoms with Crippen molar-refractivity contribution in [3.63, 3.8) is 0 Å². The standard InChI is InChI=1S/C17H16Cl2FN5O/c1-10-14(18)9-25(22-10)11(2)17(26)21-16-15(19)8-24(23-16)7-12-4-3-5-13(20)6-12/h3-6,8-9,11H,7H2,1-2H3,(H,21,23,26). The van der Waals surface area contributed by atoms with Gasteiger partial charge in [-0.15, -0.1) is 0 Å². The Kier molecular flexibility index (Phi) is 5.29. The topological polar surface area (TPSA) is 64.7 Å². The highest BCUT2D eigenvalue weighted by Crippen LogP contribution is 2.22. The van der Waals surface area contributed by atoms with Crippen molar-refractivity contribution in [2.24, 2.45) is 0 Å². The molecule has 9 heteroatoms. The molecular formula is C17H16Cl2FN5O. The molecule has 0 aliphatic heterocycles. The maximum atomic E-state index is 13.3. The van der Waals surface area contributed by atoms with Crippen molar-refractivity contribution in [1.29, 1.82) is 0 Å². The van der Waals surface area contributed by atoms with Gasteiger partial charge in [-0.25, -0.2) is 4.39 Å². The molecule has 3 aromatic rings. The summed E-state index contributed by atoms with van der Waals surface area (Å²) in [6.45, 7) is 3.78. The lowest BCUT2D eigenvalue weighted by Crippen LogP contribution is -2.24. The van der Waals surface area contributed by atoms with Crippen LogP contribution in [0, 0.1) is 12.7 Å². The molecule has 0 bridgehead atoms. The summed E-state index contributed by atoms with van der Waals surface area (Å²) in [5, 5.41) is 11.9. The van der Waals surface area contributed by atoms with Crippen LogP contribution in [0.2, 0.25) is 10.0 Å². The van der Waals surface area contributed by atoms with Gasteiger partial charge in [-0.3, -0.25) is 14.2 Å². The molecule has 1 N–H and O–H groups in total. The highest BCUT2D eigenvalue weighted by molar-refractivity contribution is 6.33. The van der Waals surface area contributed by atoms with Gasteiger partial charge in [0.25, 0.3) is 0 Å². The van der Waals surface area contributed by atoms with Gasteiger partial charge in [0.05, 0.1) is 17.3 Å². The van der Waals surface area contributed by atoms with Gasteiger partial charge in [0.2, 0.25) is 5.91 Å². The van der Waals surface area contributed by atoms with E-state index < -0.39 is 6.04 Å². The van der Waals surface area contributed by atoms with Crippen LogP contribution in [0.25, 0.3) is 0 Å². The minimum absolute atomic E-state index is 0.231. The number of amides is 1. The van der Waals surface area contributed by atoms with Crippen LogP contribution in [0.3, 0.4) is 0 Å². The van der Waals surface area contributed by atoms with Crippen LogP contribution in [0.15, 0.2) is 36.7 Å². The van der Waals surface area contributed by atoms with E-state index in [1.54, 1.807) is 38.4 Å². The van der Waals surface area contributed by atoms with Crippen LogP contribution in [0.4, 0.5) is 10.2 Å². The number of aromatic nitrogens is 4. The Balaban J connectivity index is 1.71. The summed E-state index contributed by atoms with van der Waals surface area (Å²) in [4.78, 5) is 12.4. The number of hydrogen-bond donors (Lipinski definition) is 1. The van der Waals surface area contributed by atoms with Gasteiger partial charge in [0.1, 0.15) is 16.9 Å². The zero-order valence-electron chi connectivity index (χ0n) is 14.1. The second-order valence-corrected chi connectivity index (χ2v) is 6.68. The van der Waals surface area contributed by atoms with Crippen LogP contribution < -0.4 is 5.32 Å². The molecule has 0 aliphatic carbocycles. The predicted molar refractivity (Wildman–Crippen MR) is 98.1 cm³/mol. The number of carbonyl (C=O) groups is 1. The van der Waals surface area contributed by atoms with Gasteiger partial charge in [-0.05, 0) is 31.5 Å². The van der Waals surface area contributed by atoms with Crippen LogP contribution in [-0.4, -0.2) is 25.5 Å². The Morgan fingerprint density at radius 3 is 2.69 bits per heavy atom. The first-order chi connectivity index (χ1) is 12.3. The summed E-state index contributed by atoms with van der Waals surface area (Å²) in [5.41, 5.74) is 1.38. The highest BCUT2D eigenvalue weighted by Gasteiger charge is 2.20. The largest absolute Gasteiger partial charge is 0.306 e. The van der Waals surface area contributed by atoms with Crippen LogP contribution >= 0.6 is 23.2 Å². The van der Waals surface area contributed by atoms with E-state index in [1.807, 2.05) is 0 Å². The third kappa shape index (κ3) is 4.05. The summed E-state index contributed by atoms with van der Waals surface area (Å²) in [6, 6.07) is 5.60. The summed E-state index contributed by atoms with van der Waals surface area (Å²) >= 11 is 12.1. The van der Waals surface area contributed by atoms with E-state index in [4.69, 9.17) is 23.2 Å². The Labute approximate surface area is 159 Å². The molecule has 0 fully saturated rings. The molecule has 1 unspecified atom stereocenters. The second kappa shape index (κ2) is 7.47. The third-order valence-corrected chi connectivity index (χ3v) is 4.47. The molecule has 6 nitrogen and oxygen atoms in total. The fraction of sp³-hybridized carbons (Fsp3) is 0.235. The number of aryl methyl sites for hydroxylation is 1. The maximum Gasteiger partial charge on any atom is 0.250 e. The number of halogens is 3. The predicted octanol–water partition coefficient (Wildman–Crippen LogP) is 4.08. The first-order valence-electron chi connectivity index (χ1n) is 7.83. The second-order valence-electron chi connectivity index (χ2n) is 5.86. The zero-order chi connectivity index (χ0) is 18.8. The average molecular weight is 396 g/mol. The van der Waals surface area contributed by atoms with Crippen molar-refractivity contribution < 1.29 is 9.18 Å².